The zero-order valence-electron chi connectivity index (χ0n) is 10.9. The Morgan fingerprint density at radius 3 is 2.53 bits per heavy atom. The molecule has 0 amide bonds. The van der Waals surface area contributed by atoms with Crippen LogP contribution >= 0.6 is 11.6 Å². The summed E-state index contributed by atoms with van der Waals surface area (Å²) in [4.78, 5) is 11.6. The summed E-state index contributed by atoms with van der Waals surface area (Å²) in [5.41, 5.74) is 8.04. The summed E-state index contributed by atoms with van der Waals surface area (Å²) in [5, 5.41) is 0.266. The standard InChI is InChI=1S/C14H14ClFN2O/c1-7-11(8(2)19)13(17)14(18(7)3)12-9(15)5-4-6-10(12)16/h4-6H,17H2,1-3H3. The van der Waals surface area contributed by atoms with Crippen molar-refractivity contribution in [3.8, 4) is 11.3 Å². The normalized spacial score (nSPS) is 10.8. The second-order valence-electron chi connectivity index (χ2n) is 4.43. The van der Waals surface area contributed by atoms with Crippen LogP contribution in [0.1, 0.15) is 23.0 Å². The molecular weight excluding hydrogens is 267 g/mol. The lowest BCUT2D eigenvalue weighted by Crippen LogP contribution is -1.98. The Balaban J connectivity index is 2.85. The molecule has 0 saturated carbocycles. The summed E-state index contributed by atoms with van der Waals surface area (Å²) in [6.07, 6.45) is 0. The van der Waals surface area contributed by atoms with Crippen LogP contribution in [0.25, 0.3) is 11.3 Å². The predicted octanol–water partition coefficient (Wildman–Crippen LogP) is 3.58. The highest BCUT2D eigenvalue weighted by atomic mass is 35.5. The highest BCUT2D eigenvalue weighted by Gasteiger charge is 2.23. The van der Waals surface area contributed by atoms with Crippen molar-refractivity contribution in [2.24, 2.45) is 7.05 Å². The number of hydrogen-bond acceptors (Lipinski definition) is 2. The van der Waals surface area contributed by atoms with Crippen molar-refractivity contribution < 1.29 is 9.18 Å². The number of halogens is 2. The minimum Gasteiger partial charge on any atom is -0.396 e. The molecule has 1 heterocycles. The first-order valence-electron chi connectivity index (χ1n) is 5.76. The minimum absolute atomic E-state index is 0.149. The molecule has 2 rings (SSSR count). The van der Waals surface area contributed by atoms with E-state index in [2.05, 4.69) is 0 Å². The zero-order valence-corrected chi connectivity index (χ0v) is 11.7. The summed E-state index contributed by atoms with van der Waals surface area (Å²) in [6, 6.07) is 4.44. The molecule has 1 aromatic heterocycles. The molecule has 0 atom stereocenters. The van der Waals surface area contributed by atoms with Gasteiger partial charge in [-0.3, -0.25) is 4.79 Å². The van der Waals surface area contributed by atoms with Gasteiger partial charge in [0.2, 0.25) is 0 Å². The van der Waals surface area contributed by atoms with Gasteiger partial charge in [0.05, 0.1) is 27.5 Å². The quantitative estimate of drug-likeness (QED) is 0.855. The number of anilines is 1. The number of rotatable bonds is 2. The van der Waals surface area contributed by atoms with Crippen LogP contribution in [0.5, 0.6) is 0 Å². The van der Waals surface area contributed by atoms with Gasteiger partial charge < -0.3 is 10.3 Å². The van der Waals surface area contributed by atoms with E-state index < -0.39 is 5.82 Å². The average Bonchev–Trinajstić information content (AvgIpc) is 2.52. The number of carbonyl (C=O) groups is 1. The zero-order chi connectivity index (χ0) is 14.3. The number of Topliss-reactive ketones (excluding diaryl/α,β-unsaturated/α-hetero) is 1. The molecule has 0 saturated heterocycles. The Bertz CT molecular complexity index is 656. The molecule has 3 nitrogen and oxygen atoms in total. The fourth-order valence-corrected chi connectivity index (χ4v) is 2.55. The van der Waals surface area contributed by atoms with Crippen LogP contribution in [0.3, 0.4) is 0 Å². The average molecular weight is 281 g/mol. The maximum absolute atomic E-state index is 14.0. The maximum Gasteiger partial charge on any atom is 0.163 e. The lowest BCUT2D eigenvalue weighted by Gasteiger charge is -2.09. The molecule has 0 fully saturated rings. The first kappa shape index (κ1) is 13.6. The van der Waals surface area contributed by atoms with E-state index in [9.17, 15) is 9.18 Å². The van der Waals surface area contributed by atoms with Gasteiger partial charge in [0, 0.05) is 12.7 Å². The molecule has 0 unspecified atom stereocenters. The smallest absolute Gasteiger partial charge is 0.163 e. The van der Waals surface area contributed by atoms with Crippen LogP contribution in [0, 0.1) is 12.7 Å². The van der Waals surface area contributed by atoms with E-state index in [0.717, 1.165) is 0 Å². The van der Waals surface area contributed by atoms with Gasteiger partial charge in [0.1, 0.15) is 5.82 Å². The Morgan fingerprint density at radius 1 is 1.42 bits per heavy atom. The largest absolute Gasteiger partial charge is 0.396 e. The fraction of sp³-hybridized carbons (Fsp3) is 0.214. The Kier molecular flexibility index (Phi) is 3.37. The summed E-state index contributed by atoms with van der Waals surface area (Å²) < 4.78 is 15.7. The number of nitrogen functional groups attached to an aromatic ring is 1. The van der Waals surface area contributed by atoms with E-state index in [1.807, 2.05) is 0 Å². The van der Waals surface area contributed by atoms with Crippen LogP contribution in [-0.2, 0) is 7.05 Å². The van der Waals surface area contributed by atoms with Gasteiger partial charge in [-0.1, -0.05) is 17.7 Å². The van der Waals surface area contributed by atoms with Crippen molar-refractivity contribution >= 4 is 23.1 Å². The van der Waals surface area contributed by atoms with E-state index in [-0.39, 0.29) is 22.1 Å². The number of nitrogens with zero attached hydrogens (tertiary/aromatic N) is 1. The third kappa shape index (κ3) is 2.02. The van der Waals surface area contributed by atoms with Crippen molar-refractivity contribution in [1.82, 2.24) is 4.57 Å². The van der Waals surface area contributed by atoms with Crippen molar-refractivity contribution in [2.75, 3.05) is 5.73 Å². The number of ketones is 1. The van der Waals surface area contributed by atoms with Crippen molar-refractivity contribution in [3.63, 3.8) is 0 Å². The van der Waals surface area contributed by atoms with E-state index in [0.29, 0.717) is 17.0 Å². The molecule has 2 N–H and O–H groups in total. The summed E-state index contributed by atoms with van der Waals surface area (Å²) >= 11 is 6.06. The molecule has 0 aliphatic carbocycles. The van der Waals surface area contributed by atoms with Gasteiger partial charge in [0.15, 0.2) is 5.78 Å². The van der Waals surface area contributed by atoms with Gasteiger partial charge >= 0.3 is 0 Å². The lowest BCUT2D eigenvalue weighted by molar-refractivity contribution is 0.101. The topological polar surface area (TPSA) is 48.0 Å². The third-order valence-electron chi connectivity index (χ3n) is 3.28. The molecule has 5 heteroatoms. The highest BCUT2D eigenvalue weighted by molar-refractivity contribution is 6.33. The predicted molar refractivity (Wildman–Crippen MR) is 75.0 cm³/mol. The summed E-state index contributed by atoms with van der Waals surface area (Å²) in [5.74, 6) is -0.612. The van der Waals surface area contributed by atoms with Crippen LogP contribution in [0.4, 0.5) is 10.1 Å². The van der Waals surface area contributed by atoms with Crippen molar-refractivity contribution in [1.29, 1.82) is 0 Å². The maximum atomic E-state index is 14.0. The van der Waals surface area contributed by atoms with Crippen LogP contribution in [0.15, 0.2) is 18.2 Å². The number of aromatic nitrogens is 1. The van der Waals surface area contributed by atoms with E-state index >= 15 is 0 Å². The molecule has 0 aliphatic heterocycles. The van der Waals surface area contributed by atoms with Gasteiger partial charge in [-0.2, -0.15) is 0 Å². The van der Waals surface area contributed by atoms with Gasteiger partial charge in [-0.05, 0) is 26.0 Å². The monoisotopic (exact) mass is 280 g/mol. The van der Waals surface area contributed by atoms with Crippen LogP contribution in [-0.4, -0.2) is 10.4 Å². The van der Waals surface area contributed by atoms with Crippen LogP contribution in [0.2, 0.25) is 5.02 Å². The number of benzene rings is 1. The van der Waals surface area contributed by atoms with Crippen molar-refractivity contribution in [3.05, 3.63) is 40.3 Å². The Hall–Kier alpha value is -1.81. The molecular formula is C14H14ClFN2O. The summed E-state index contributed by atoms with van der Waals surface area (Å²) in [6.45, 7) is 3.21. The second-order valence-corrected chi connectivity index (χ2v) is 4.84. The second kappa shape index (κ2) is 4.70. The molecule has 0 radical (unpaired) electrons. The molecule has 1 aromatic carbocycles. The minimum atomic E-state index is -0.463. The first-order chi connectivity index (χ1) is 8.86. The molecule has 2 aromatic rings. The molecule has 0 spiro atoms. The van der Waals surface area contributed by atoms with Crippen LogP contribution < -0.4 is 5.73 Å². The molecule has 19 heavy (non-hydrogen) atoms. The van der Waals surface area contributed by atoms with Gasteiger partial charge in [-0.15, -0.1) is 0 Å². The lowest BCUT2D eigenvalue weighted by atomic mass is 10.1. The van der Waals surface area contributed by atoms with E-state index in [4.69, 9.17) is 17.3 Å². The SMILES string of the molecule is CC(=O)c1c(N)c(-c2c(F)cccc2Cl)n(C)c1C. The molecule has 100 valence electrons. The van der Waals surface area contributed by atoms with Crippen molar-refractivity contribution in [2.45, 2.75) is 13.8 Å². The van der Waals surface area contributed by atoms with Gasteiger partial charge in [0.25, 0.3) is 0 Å². The van der Waals surface area contributed by atoms with E-state index in [1.54, 1.807) is 24.6 Å². The number of hydrogen-bond donors (Lipinski definition) is 1. The Labute approximate surface area is 115 Å². The highest BCUT2D eigenvalue weighted by Crippen LogP contribution is 2.38. The Morgan fingerprint density at radius 2 is 2.05 bits per heavy atom. The third-order valence-corrected chi connectivity index (χ3v) is 3.59. The van der Waals surface area contributed by atoms with Gasteiger partial charge in [-0.25, -0.2) is 4.39 Å². The van der Waals surface area contributed by atoms with E-state index in [1.165, 1.54) is 19.1 Å². The molecule has 0 aliphatic rings. The first-order valence-corrected chi connectivity index (χ1v) is 6.14. The summed E-state index contributed by atoms with van der Waals surface area (Å²) in [7, 11) is 1.73. The number of nitrogens with two attached hydrogens (primary N) is 1. The number of carbonyl (C=O) groups excluding carboxylic acids is 1. The fourth-order valence-electron chi connectivity index (χ4n) is 2.30. The molecule has 0 bridgehead atoms.